The van der Waals surface area contributed by atoms with Crippen molar-refractivity contribution in [2.45, 2.75) is 21.5 Å². The molecule has 0 radical (unpaired) electrons. The SMILES string of the molecule is C[Si]1(C)C2=Cc3ccccc3[CH]2[Ti]([O]C(=O)c2ccccc2)([O]C(=O)c2ccccc2)[CH]2C1=Cc1ccccc12. The zero-order valence-corrected chi connectivity index (χ0v) is 24.9. The molecule has 2 atom stereocenters. The van der Waals surface area contributed by atoms with Crippen LogP contribution in [0.1, 0.15) is 51.4 Å². The number of carbonyl (C=O) groups excluding carboxylic acids is 2. The van der Waals surface area contributed by atoms with Crippen LogP contribution in [-0.4, -0.2) is 20.0 Å². The maximum atomic E-state index is 14.0. The van der Waals surface area contributed by atoms with Crippen molar-refractivity contribution in [3.63, 3.8) is 0 Å². The Morgan fingerprint density at radius 3 is 1.38 bits per heavy atom. The van der Waals surface area contributed by atoms with Gasteiger partial charge in [0.05, 0.1) is 0 Å². The van der Waals surface area contributed by atoms with Crippen LogP contribution in [0, 0.1) is 0 Å². The minimum absolute atomic E-state index is 0.244. The molecule has 3 aliphatic rings. The first kappa shape index (κ1) is 25.2. The van der Waals surface area contributed by atoms with Gasteiger partial charge in [-0.25, -0.2) is 0 Å². The summed E-state index contributed by atoms with van der Waals surface area (Å²) in [5.41, 5.74) is 5.36. The Hall–Kier alpha value is -3.77. The van der Waals surface area contributed by atoms with Crippen LogP contribution >= 0.6 is 0 Å². The summed E-state index contributed by atoms with van der Waals surface area (Å²) in [6.07, 6.45) is 4.58. The van der Waals surface area contributed by atoms with Crippen LogP contribution < -0.4 is 0 Å². The van der Waals surface area contributed by atoms with E-state index in [0.717, 1.165) is 22.3 Å². The second kappa shape index (κ2) is 9.41. The monoisotopic (exact) mass is 576 g/mol. The Kier molecular flexibility index (Phi) is 5.93. The molecule has 0 N–H and O–H groups in total. The van der Waals surface area contributed by atoms with Gasteiger partial charge in [-0.1, -0.05) is 0 Å². The van der Waals surface area contributed by atoms with E-state index in [2.05, 4.69) is 49.5 Å². The number of fused-ring (bicyclic) bond motifs is 6. The first-order chi connectivity index (χ1) is 19.4. The van der Waals surface area contributed by atoms with Gasteiger partial charge in [-0.3, -0.25) is 0 Å². The molecular weight excluding hydrogens is 548 g/mol. The molecule has 0 amide bonds. The molecule has 0 spiro atoms. The van der Waals surface area contributed by atoms with E-state index in [-0.39, 0.29) is 8.45 Å². The molecular formula is C34H28O4SiTi. The molecule has 4 nitrogen and oxygen atoms in total. The van der Waals surface area contributed by atoms with Gasteiger partial charge in [0.1, 0.15) is 0 Å². The van der Waals surface area contributed by atoms with Crippen molar-refractivity contribution in [1.82, 2.24) is 0 Å². The van der Waals surface area contributed by atoms with Gasteiger partial charge >= 0.3 is 240 Å². The van der Waals surface area contributed by atoms with Crippen LogP contribution in [0.3, 0.4) is 0 Å². The van der Waals surface area contributed by atoms with Crippen molar-refractivity contribution in [2.24, 2.45) is 0 Å². The third-order valence-corrected chi connectivity index (χ3v) is 19.3. The summed E-state index contributed by atoms with van der Waals surface area (Å²) in [7, 11) is -2.21. The summed E-state index contributed by atoms with van der Waals surface area (Å²) in [4.78, 5) is 28.0. The third-order valence-electron chi connectivity index (χ3n) is 8.63. The van der Waals surface area contributed by atoms with Crippen molar-refractivity contribution < 1.29 is 33.6 Å². The molecule has 0 aromatic heterocycles. The van der Waals surface area contributed by atoms with E-state index >= 15 is 0 Å². The fourth-order valence-corrected chi connectivity index (χ4v) is 21.3. The second-order valence-electron chi connectivity index (χ2n) is 11.2. The molecule has 2 unspecified atom stereocenters. The Labute approximate surface area is 239 Å². The van der Waals surface area contributed by atoms with Crippen LogP contribution in [0.15, 0.2) is 120 Å². The third kappa shape index (κ3) is 3.76. The predicted molar refractivity (Wildman–Crippen MR) is 156 cm³/mol. The fourth-order valence-electron chi connectivity index (χ4n) is 6.74. The summed E-state index contributed by atoms with van der Waals surface area (Å²) in [5, 5.41) is 2.57. The standard InChI is InChI=1S/C20H18Si.2C7H6O2.Ti/c1-21(2,19-11-15-7-3-4-8-16(15)12-19)20-13-17-9-5-6-10-18(17)14-20;2*8-7(9)6-4-2-1-3-5-6;/h3-14H,1-2H3;2*1-5H,(H,8,9);/q;;;+2/p-2. The average Bonchev–Trinajstić information content (AvgIpc) is 3.59. The normalized spacial score (nSPS) is 20.6. The van der Waals surface area contributed by atoms with Crippen LogP contribution in [-0.2, 0) is 24.0 Å². The van der Waals surface area contributed by atoms with E-state index < -0.39 is 37.4 Å². The van der Waals surface area contributed by atoms with Gasteiger partial charge in [0, 0.05) is 0 Å². The van der Waals surface area contributed by atoms with Crippen LogP contribution in [0.5, 0.6) is 0 Å². The van der Waals surface area contributed by atoms with Crippen LogP contribution in [0.2, 0.25) is 13.1 Å². The number of rotatable bonds is 4. The van der Waals surface area contributed by atoms with E-state index in [4.69, 9.17) is 6.64 Å². The number of allylic oxidation sites excluding steroid dienone is 2. The molecule has 0 bridgehead atoms. The minimum atomic E-state index is -4.60. The predicted octanol–water partition coefficient (Wildman–Crippen LogP) is 7.76. The van der Waals surface area contributed by atoms with Crippen molar-refractivity contribution in [1.29, 1.82) is 0 Å². The molecule has 196 valence electrons. The van der Waals surface area contributed by atoms with Crippen molar-refractivity contribution in [3.05, 3.63) is 153 Å². The number of hydrogen-bond donors (Lipinski definition) is 0. The number of carbonyl (C=O) groups is 2. The molecule has 4 aromatic rings. The topological polar surface area (TPSA) is 52.6 Å². The molecule has 40 heavy (non-hydrogen) atoms. The van der Waals surface area contributed by atoms with E-state index in [9.17, 15) is 9.59 Å². The summed E-state index contributed by atoms with van der Waals surface area (Å²) in [6.45, 7) is 4.76. The van der Waals surface area contributed by atoms with Crippen LogP contribution in [0.4, 0.5) is 0 Å². The van der Waals surface area contributed by atoms with E-state index in [0.29, 0.717) is 11.1 Å². The zero-order valence-electron chi connectivity index (χ0n) is 22.3. The molecule has 4 aromatic carbocycles. The fraction of sp³-hybridized carbons (Fsp3) is 0.118. The summed E-state index contributed by atoms with van der Waals surface area (Å²) >= 11 is -4.60. The molecule has 2 aliphatic carbocycles. The molecule has 0 saturated carbocycles. The van der Waals surface area contributed by atoms with Gasteiger partial charge < -0.3 is 0 Å². The molecule has 1 aliphatic heterocycles. The van der Waals surface area contributed by atoms with Gasteiger partial charge in [-0.2, -0.15) is 0 Å². The first-order valence-electron chi connectivity index (χ1n) is 13.6. The Bertz CT molecular complexity index is 1600. The molecule has 1 saturated heterocycles. The van der Waals surface area contributed by atoms with Crippen LogP contribution in [0.25, 0.3) is 12.2 Å². The van der Waals surface area contributed by atoms with Gasteiger partial charge in [-0.15, -0.1) is 0 Å². The maximum absolute atomic E-state index is 14.0. The molecule has 1 fully saturated rings. The van der Waals surface area contributed by atoms with Crippen molar-refractivity contribution in [2.75, 3.05) is 0 Å². The van der Waals surface area contributed by atoms with Gasteiger partial charge in [0.2, 0.25) is 0 Å². The number of hydrogen-bond acceptors (Lipinski definition) is 4. The Morgan fingerprint density at radius 1 is 0.575 bits per heavy atom. The van der Waals surface area contributed by atoms with E-state index in [1.165, 1.54) is 10.4 Å². The second-order valence-corrected chi connectivity index (χ2v) is 20.3. The Balaban J connectivity index is 1.50. The average molecular weight is 577 g/mol. The van der Waals surface area contributed by atoms with Crippen molar-refractivity contribution >= 4 is 32.2 Å². The molecule has 6 heteroatoms. The summed E-state index contributed by atoms with van der Waals surface area (Å²) in [5.74, 6) is -0.870. The summed E-state index contributed by atoms with van der Waals surface area (Å²) < 4.78 is 13.2. The van der Waals surface area contributed by atoms with E-state index in [1.54, 1.807) is 24.3 Å². The first-order valence-corrected chi connectivity index (χ1v) is 19.7. The molecule has 7 rings (SSSR count). The zero-order chi connectivity index (χ0) is 27.5. The van der Waals surface area contributed by atoms with Gasteiger partial charge in [-0.05, 0) is 0 Å². The van der Waals surface area contributed by atoms with Gasteiger partial charge in [0.15, 0.2) is 0 Å². The van der Waals surface area contributed by atoms with Gasteiger partial charge in [0.25, 0.3) is 0 Å². The van der Waals surface area contributed by atoms with Crippen molar-refractivity contribution in [3.8, 4) is 0 Å². The summed E-state index contributed by atoms with van der Waals surface area (Å²) in [6, 6.07) is 34.7. The van der Waals surface area contributed by atoms with E-state index in [1.807, 2.05) is 60.7 Å². The molecule has 1 heterocycles. The quantitative estimate of drug-likeness (QED) is 0.233. The number of benzene rings is 4. The Morgan fingerprint density at radius 2 is 0.950 bits per heavy atom.